The van der Waals surface area contributed by atoms with Gasteiger partial charge in [-0.05, 0) is 0 Å². The van der Waals surface area contributed by atoms with Crippen molar-refractivity contribution in [3.8, 4) is 6.07 Å². The molecule has 0 amide bonds. The maximum atomic E-state index is 13.9. The molecule has 0 aromatic carbocycles. The molecule has 0 saturated carbocycles. The summed E-state index contributed by atoms with van der Waals surface area (Å²) in [5.41, 5.74) is -6.26. The maximum Gasteiger partial charge on any atom is 0.512 e. The minimum Gasteiger partial charge on any atom is -0.288 e. The molecule has 0 radical (unpaired) electrons. The molecular weight excluding hydrogens is 439 g/mol. The van der Waals surface area contributed by atoms with Crippen molar-refractivity contribution in [2.24, 2.45) is 0 Å². The van der Waals surface area contributed by atoms with E-state index in [0.29, 0.717) is 0 Å². The minimum absolute atomic E-state index is 0.0136. The Hall–Kier alpha value is -1.13. The number of hydrogen-bond acceptors (Lipinski definition) is 8. The number of hydrogen-bond donors (Lipinski definition) is 1. The Morgan fingerprint density at radius 3 is 1.73 bits per heavy atom. The van der Waals surface area contributed by atoms with E-state index < -0.39 is 53.3 Å². The van der Waals surface area contributed by atoms with Gasteiger partial charge in [0.15, 0.2) is 0 Å². The van der Waals surface area contributed by atoms with Gasteiger partial charge in [0.25, 0.3) is 10.0 Å². The van der Waals surface area contributed by atoms with Crippen molar-refractivity contribution < 1.29 is 47.2 Å². The third-order valence-corrected chi connectivity index (χ3v) is 9.03. The predicted octanol–water partition coefficient (Wildman–Crippen LogP) is -1.22. The van der Waals surface area contributed by atoms with E-state index >= 15 is 0 Å². The number of rotatable bonds is 6. The number of nitriles is 1. The molecule has 1 N–H and O–H groups in total. The van der Waals surface area contributed by atoms with Gasteiger partial charge in [-0.2, -0.15) is 31.5 Å². The largest absolute Gasteiger partial charge is 0.512 e. The summed E-state index contributed by atoms with van der Waals surface area (Å²) in [6.45, 7) is -1.97. The van der Waals surface area contributed by atoms with Crippen molar-refractivity contribution >= 4 is 30.1 Å². The monoisotopic (exact) mass is 450 g/mol. The highest BCUT2D eigenvalue weighted by atomic mass is 32.3. The van der Waals surface area contributed by atoms with E-state index in [-0.39, 0.29) is 28.1 Å². The number of nitrogens with zero attached hydrogens (tertiary/aromatic N) is 3. The topological polar surface area (TPSA) is 145 Å². The fourth-order valence-electron chi connectivity index (χ4n) is 1.76. The number of halogens is 5. The molecular formula is C8H11F5N4O6S3. The van der Waals surface area contributed by atoms with Gasteiger partial charge in [-0.15, -0.1) is 0 Å². The molecule has 152 valence electrons. The lowest BCUT2D eigenvalue weighted by Crippen LogP contribution is -2.57. The summed E-state index contributed by atoms with van der Waals surface area (Å²) in [7, 11) is -19.7. The second-order valence-electron chi connectivity index (χ2n) is 4.84. The quantitative estimate of drug-likeness (QED) is 0.392. The van der Waals surface area contributed by atoms with Crippen LogP contribution in [0.4, 0.5) is 22.0 Å². The van der Waals surface area contributed by atoms with Gasteiger partial charge in [-0.1, -0.05) is 4.13 Å². The van der Waals surface area contributed by atoms with E-state index in [0.717, 1.165) is 0 Å². The summed E-state index contributed by atoms with van der Waals surface area (Å²) >= 11 is 0. The molecule has 0 aliphatic carbocycles. The molecule has 0 bridgehead atoms. The van der Waals surface area contributed by atoms with Gasteiger partial charge in [0.2, 0.25) is 0 Å². The van der Waals surface area contributed by atoms with Gasteiger partial charge in [0.05, 0.1) is 12.6 Å². The Bertz CT molecular complexity index is 884. The van der Waals surface area contributed by atoms with Gasteiger partial charge in [-0.3, -0.25) is 4.90 Å². The van der Waals surface area contributed by atoms with Crippen LogP contribution in [-0.2, 0) is 30.1 Å². The Morgan fingerprint density at radius 1 is 0.885 bits per heavy atom. The number of piperazine rings is 1. The zero-order valence-electron chi connectivity index (χ0n) is 12.4. The Kier molecular flexibility index (Phi) is 6.28. The second-order valence-corrected chi connectivity index (χ2v) is 10.7. The van der Waals surface area contributed by atoms with Gasteiger partial charge in [0.1, 0.15) is 0 Å². The first-order valence-corrected chi connectivity index (χ1v) is 10.7. The first-order valence-electron chi connectivity index (χ1n) is 6.31. The normalized spacial score (nSPS) is 19.2. The minimum atomic E-state index is -6.82. The van der Waals surface area contributed by atoms with Crippen LogP contribution in [0.5, 0.6) is 0 Å². The second kappa shape index (κ2) is 7.12. The third-order valence-electron chi connectivity index (χ3n) is 3.10. The van der Waals surface area contributed by atoms with Crippen LogP contribution >= 0.6 is 0 Å². The molecule has 0 spiro atoms. The molecule has 18 heteroatoms. The van der Waals surface area contributed by atoms with Crippen molar-refractivity contribution in [3.05, 3.63) is 0 Å². The van der Waals surface area contributed by atoms with Crippen LogP contribution in [-0.4, -0.2) is 77.3 Å². The van der Waals surface area contributed by atoms with Gasteiger partial charge >= 0.3 is 30.1 Å². The average molecular weight is 450 g/mol. The lowest BCUT2D eigenvalue weighted by molar-refractivity contribution is -0.0441. The van der Waals surface area contributed by atoms with Crippen molar-refractivity contribution in [1.82, 2.24) is 13.3 Å². The SMILES string of the molecule is N#CCN1CCN(S(=O)(=O)C(F)(F)S(=O)(=O)NS(=O)(=O)C(F)(F)F)CC1. The smallest absolute Gasteiger partial charge is 0.288 e. The molecule has 10 nitrogen and oxygen atoms in total. The summed E-state index contributed by atoms with van der Waals surface area (Å²) in [6.07, 6.45) is 0. The van der Waals surface area contributed by atoms with Crippen molar-refractivity contribution in [3.63, 3.8) is 0 Å². The number of alkyl halides is 5. The molecule has 1 aliphatic rings. The van der Waals surface area contributed by atoms with Crippen LogP contribution in [0.2, 0.25) is 0 Å². The zero-order chi connectivity index (χ0) is 20.6. The maximum absolute atomic E-state index is 13.9. The van der Waals surface area contributed by atoms with Gasteiger partial charge < -0.3 is 0 Å². The van der Waals surface area contributed by atoms with Gasteiger partial charge in [0, 0.05) is 26.2 Å². The molecule has 0 aromatic heterocycles. The van der Waals surface area contributed by atoms with Crippen LogP contribution in [0.25, 0.3) is 0 Å². The first kappa shape index (κ1) is 22.9. The predicted molar refractivity (Wildman–Crippen MR) is 74.5 cm³/mol. The van der Waals surface area contributed by atoms with Crippen molar-refractivity contribution in [2.45, 2.75) is 10.1 Å². The Balaban J connectivity index is 3.14. The molecule has 26 heavy (non-hydrogen) atoms. The molecule has 0 aromatic rings. The van der Waals surface area contributed by atoms with Crippen LogP contribution in [0.1, 0.15) is 0 Å². The highest BCUT2D eigenvalue weighted by Crippen LogP contribution is 2.33. The number of sulfonamides is 3. The zero-order valence-corrected chi connectivity index (χ0v) is 14.9. The van der Waals surface area contributed by atoms with E-state index in [1.807, 2.05) is 0 Å². The van der Waals surface area contributed by atoms with Crippen LogP contribution in [0, 0.1) is 11.3 Å². The summed E-state index contributed by atoms with van der Waals surface area (Å²) in [5.74, 6) is 0. The molecule has 1 aliphatic heterocycles. The standard InChI is InChI=1S/C8H11F5N4O6S3/c9-7(10,11)24(18,19)15-25(20,21)8(12,13)26(22,23)17-5-3-16(2-1-14)4-6-17/h15H,2-6H2. The first-order chi connectivity index (χ1) is 11.5. The number of nitrogens with one attached hydrogen (secondary N) is 1. The fourth-order valence-corrected chi connectivity index (χ4v) is 6.35. The summed E-state index contributed by atoms with van der Waals surface area (Å²) in [6, 6.07) is 1.72. The van der Waals surface area contributed by atoms with Crippen molar-refractivity contribution in [2.75, 3.05) is 32.7 Å². The Labute approximate surface area is 145 Å². The van der Waals surface area contributed by atoms with E-state index in [9.17, 15) is 47.2 Å². The van der Waals surface area contributed by atoms with Gasteiger partial charge in [-0.25, -0.2) is 25.3 Å². The third kappa shape index (κ3) is 4.23. The van der Waals surface area contributed by atoms with E-state index in [1.165, 1.54) is 4.90 Å². The van der Waals surface area contributed by atoms with Crippen LogP contribution < -0.4 is 4.13 Å². The highest BCUT2D eigenvalue weighted by molar-refractivity contribution is 8.13. The lowest BCUT2D eigenvalue weighted by Gasteiger charge is -2.34. The van der Waals surface area contributed by atoms with Crippen molar-refractivity contribution in [1.29, 1.82) is 5.26 Å². The average Bonchev–Trinajstić information content (AvgIpc) is 2.45. The van der Waals surface area contributed by atoms with E-state index in [4.69, 9.17) is 5.26 Å². The Morgan fingerprint density at radius 2 is 1.35 bits per heavy atom. The fraction of sp³-hybridized carbons (Fsp3) is 0.875. The molecule has 1 saturated heterocycles. The molecule has 0 atom stereocenters. The van der Waals surface area contributed by atoms with E-state index in [1.54, 1.807) is 6.07 Å². The van der Waals surface area contributed by atoms with Crippen LogP contribution in [0.3, 0.4) is 0 Å². The van der Waals surface area contributed by atoms with Crippen LogP contribution in [0.15, 0.2) is 0 Å². The molecule has 1 heterocycles. The van der Waals surface area contributed by atoms with E-state index in [2.05, 4.69) is 0 Å². The molecule has 1 rings (SSSR count). The molecule has 1 fully saturated rings. The summed E-state index contributed by atoms with van der Waals surface area (Å²) in [5, 5.41) is 8.47. The summed E-state index contributed by atoms with van der Waals surface area (Å²) < 4.78 is 126. The highest BCUT2D eigenvalue weighted by Gasteiger charge is 2.63. The lowest BCUT2D eigenvalue weighted by atomic mass is 10.4. The summed E-state index contributed by atoms with van der Waals surface area (Å²) in [4.78, 5) is 1.35. The molecule has 0 unspecified atom stereocenters.